The van der Waals surface area contributed by atoms with Crippen molar-refractivity contribution in [3.8, 4) is 0 Å². The first-order chi connectivity index (χ1) is 9.69. The fraction of sp³-hybridized carbons (Fsp3) is 0.188. The molecule has 0 aliphatic heterocycles. The minimum Gasteiger partial charge on any atom is -0.323 e. The first kappa shape index (κ1) is 12.8. The van der Waals surface area contributed by atoms with Gasteiger partial charge in [0.2, 0.25) is 0 Å². The zero-order chi connectivity index (χ0) is 14.1. The third kappa shape index (κ3) is 2.18. The van der Waals surface area contributed by atoms with E-state index in [1.54, 1.807) is 6.07 Å². The van der Waals surface area contributed by atoms with E-state index in [0.29, 0.717) is 6.54 Å². The van der Waals surface area contributed by atoms with Crippen LogP contribution in [-0.2, 0) is 13.0 Å². The van der Waals surface area contributed by atoms with Gasteiger partial charge in [0.15, 0.2) is 11.6 Å². The molecule has 20 heavy (non-hydrogen) atoms. The van der Waals surface area contributed by atoms with Crippen LogP contribution in [0.1, 0.15) is 18.3 Å². The summed E-state index contributed by atoms with van der Waals surface area (Å²) in [5, 5.41) is 0. The molecule has 2 nitrogen and oxygen atoms in total. The van der Waals surface area contributed by atoms with Gasteiger partial charge in [-0.1, -0.05) is 25.1 Å². The van der Waals surface area contributed by atoms with Crippen molar-refractivity contribution in [1.29, 1.82) is 0 Å². The maximum atomic E-state index is 13.3. The minimum atomic E-state index is -0.819. The van der Waals surface area contributed by atoms with Crippen molar-refractivity contribution < 1.29 is 8.78 Å². The zero-order valence-corrected chi connectivity index (χ0v) is 11.1. The number of halogens is 2. The molecule has 1 heterocycles. The lowest BCUT2D eigenvalue weighted by atomic mass is 10.2. The number of nitrogens with zero attached hydrogens (tertiary/aromatic N) is 2. The van der Waals surface area contributed by atoms with Crippen LogP contribution >= 0.6 is 0 Å². The van der Waals surface area contributed by atoms with Crippen molar-refractivity contribution in [3.63, 3.8) is 0 Å². The normalized spacial score (nSPS) is 11.2. The van der Waals surface area contributed by atoms with Gasteiger partial charge in [-0.2, -0.15) is 0 Å². The lowest BCUT2D eigenvalue weighted by Gasteiger charge is -2.08. The van der Waals surface area contributed by atoms with Crippen LogP contribution in [0.5, 0.6) is 0 Å². The van der Waals surface area contributed by atoms with Crippen LogP contribution in [0.15, 0.2) is 42.5 Å². The smallest absolute Gasteiger partial charge is 0.159 e. The highest BCUT2D eigenvalue weighted by molar-refractivity contribution is 5.76. The fourth-order valence-electron chi connectivity index (χ4n) is 2.39. The van der Waals surface area contributed by atoms with Gasteiger partial charge in [0, 0.05) is 13.0 Å². The Morgan fingerprint density at radius 2 is 1.85 bits per heavy atom. The molecule has 0 bridgehead atoms. The van der Waals surface area contributed by atoms with Crippen LogP contribution in [0.25, 0.3) is 11.0 Å². The topological polar surface area (TPSA) is 17.8 Å². The summed E-state index contributed by atoms with van der Waals surface area (Å²) in [6, 6.07) is 11.8. The highest BCUT2D eigenvalue weighted by atomic mass is 19.2. The van der Waals surface area contributed by atoms with Crippen molar-refractivity contribution in [1.82, 2.24) is 9.55 Å². The van der Waals surface area contributed by atoms with Gasteiger partial charge >= 0.3 is 0 Å². The third-order valence-corrected chi connectivity index (χ3v) is 3.37. The number of benzene rings is 2. The first-order valence-electron chi connectivity index (χ1n) is 6.57. The van der Waals surface area contributed by atoms with Crippen LogP contribution in [-0.4, -0.2) is 9.55 Å². The Labute approximate surface area is 115 Å². The minimum absolute atomic E-state index is 0.487. The largest absolute Gasteiger partial charge is 0.323 e. The molecule has 0 radical (unpaired) electrons. The Morgan fingerprint density at radius 3 is 2.60 bits per heavy atom. The number of imidazole rings is 1. The molecule has 0 fully saturated rings. The lowest BCUT2D eigenvalue weighted by molar-refractivity contribution is 0.506. The van der Waals surface area contributed by atoms with E-state index < -0.39 is 11.6 Å². The molecule has 2 aromatic carbocycles. The summed E-state index contributed by atoms with van der Waals surface area (Å²) in [6.45, 7) is 2.52. The molecule has 1 aromatic heterocycles. The molecule has 0 aliphatic rings. The molecular weight excluding hydrogens is 258 g/mol. The Kier molecular flexibility index (Phi) is 3.22. The summed E-state index contributed by atoms with van der Waals surface area (Å²) in [5.74, 6) is -0.694. The summed E-state index contributed by atoms with van der Waals surface area (Å²) in [6.07, 6.45) is 0.790. The highest BCUT2D eigenvalue weighted by Gasteiger charge is 2.10. The Bertz CT molecular complexity index is 762. The summed E-state index contributed by atoms with van der Waals surface area (Å²) < 4.78 is 28.3. The fourth-order valence-corrected chi connectivity index (χ4v) is 2.39. The summed E-state index contributed by atoms with van der Waals surface area (Å²) >= 11 is 0. The van der Waals surface area contributed by atoms with Crippen LogP contribution in [0, 0.1) is 11.6 Å². The quantitative estimate of drug-likeness (QED) is 0.706. The van der Waals surface area contributed by atoms with E-state index in [0.717, 1.165) is 34.9 Å². The summed E-state index contributed by atoms with van der Waals surface area (Å²) in [5.41, 5.74) is 2.66. The van der Waals surface area contributed by atoms with Crippen LogP contribution in [0.4, 0.5) is 8.78 Å². The monoisotopic (exact) mass is 272 g/mol. The number of para-hydroxylation sites is 2. The van der Waals surface area contributed by atoms with E-state index in [9.17, 15) is 8.78 Å². The second-order valence-electron chi connectivity index (χ2n) is 4.70. The van der Waals surface area contributed by atoms with Gasteiger partial charge in [0.05, 0.1) is 11.0 Å². The number of hydrogen-bond acceptors (Lipinski definition) is 1. The Balaban J connectivity index is 2.07. The molecule has 0 saturated carbocycles. The van der Waals surface area contributed by atoms with E-state index in [1.807, 2.05) is 35.8 Å². The average Bonchev–Trinajstić information content (AvgIpc) is 2.81. The zero-order valence-electron chi connectivity index (χ0n) is 11.1. The average molecular weight is 272 g/mol. The summed E-state index contributed by atoms with van der Waals surface area (Å²) in [7, 11) is 0. The molecule has 3 rings (SSSR count). The molecular formula is C16H14F2N2. The molecule has 102 valence electrons. The van der Waals surface area contributed by atoms with Crippen LogP contribution < -0.4 is 0 Å². The lowest BCUT2D eigenvalue weighted by Crippen LogP contribution is -2.05. The molecule has 0 saturated heterocycles. The predicted molar refractivity (Wildman–Crippen MR) is 74.6 cm³/mol. The van der Waals surface area contributed by atoms with Gasteiger partial charge in [-0.05, 0) is 29.8 Å². The Hall–Kier alpha value is -2.23. The van der Waals surface area contributed by atoms with Crippen molar-refractivity contribution in [3.05, 3.63) is 65.5 Å². The van der Waals surface area contributed by atoms with Gasteiger partial charge in [-0.3, -0.25) is 0 Å². The standard InChI is InChI=1S/C16H14F2N2/c1-2-16-19-14-5-3-4-6-15(14)20(16)10-11-7-8-12(17)13(18)9-11/h3-9H,2,10H2,1H3. The number of fused-ring (bicyclic) bond motifs is 1. The summed E-state index contributed by atoms with van der Waals surface area (Å²) in [4.78, 5) is 4.56. The molecule has 4 heteroatoms. The second-order valence-corrected chi connectivity index (χ2v) is 4.70. The molecule has 0 atom stereocenters. The number of hydrogen-bond donors (Lipinski definition) is 0. The van der Waals surface area contributed by atoms with Crippen molar-refractivity contribution >= 4 is 11.0 Å². The second kappa shape index (κ2) is 5.04. The van der Waals surface area contributed by atoms with Crippen LogP contribution in [0.3, 0.4) is 0 Å². The van der Waals surface area contributed by atoms with Crippen molar-refractivity contribution in [2.24, 2.45) is 0 Å². The van der Waals surface area contributed by atoms with E-state index in [4.69, 9.17) is 0 Å². The van der Waals surface area contributed by atoms with Crippen molar-refractivity contribution in [2.75, 3.05) is 0 Å². The first-order valence-corrected chi connectivity index (χ1v) is 6.57. The number of aryl methyl sites for hydroxylation is 1. The molecule has 0 spiro atoms. The Morgan fingerprint density at radius 1 is 1.05 bits per heavy atom. The highest BCUT2D eigenvalue weighted by Crippen LogP contribution is 2.19. The maximum Gasteiger partial charge on any atom is 0.159 e. The van der Waals surface area contributed by atoms with E-state index >= 15 is 0 Å². The van der Waals surface area contributed by atoms with Gasteiger partial charge in [-0.25, -0.2) is 13.8 Å². The number of rotatable bonds is 3. The van der Waals surface area contributed by atoms with Crippen LogP contribution in [0.2, 0.25) is 0 Å². The SMILES string of the molecule is CCc1nc2ccccc2n1Cc1ccc(F)c(F)c1. The maximum absolute atomic E-state index is 13.3. The molecule has 0 aliphatic carbocycles. The predicted octanol–water partition coefficient (Wildman–Crippen LogP) is 3.93. The van der Waals surface area contributed by atoms with Gasteiger partial charge < -0.3 is 4.57 Å². The molecule has 0 N–H and O–H groups in total. The van der Waals surface area contributed by atoms with Gasteiger partial charge in [-0.15, -0.1) is 0 Å². The third-order valence-electron chi connectivity index (χ3n) is 3.37. The number of aromatic nitrogens is 2. The van der Waals surface area contributed by atoms with Gasteiger partial charge in [0.1, 0.15) is 5.82 Å². The molecule has 0 unspecified atom stereocenters. The molecule has 0 amide bonds. The van der Waals surface area contributed by atoms with Crippen molar-refractivity contribution in [2.45, 2.75) is 19.9 Å². The molecule has 3 aromatic rings. The van der Waals surface area contributed by atoms with Gasteiger partial charge in [0.25, 0.3) is 0 Å². The van der Waals surface area contributed by atoms with E-state index in [1.165, 1.54) is 6.07 Å². The van der Waals surface area contributed by atoms with E-state index in [-0.39, 0.29) is 0 Å². The van der Waals surface area contributed by atoms with E-state index in [2.05, 4.69) is 4.98 Å².